The van der Waals surface area contributed by atoms with Crippen LogP contribution in [0.2, 0.25) is 0 Å². The maximum atomic E-state index is 4.60. The topological polar surface area (TPSA) is 15.3 Å². The van der Waals surface area contributed by atoms with Gasteiger partial charge in [-0.15, -0.1) is 0 Å². The molecule has 2 nitrogen and oxygen atoms in total. The molecule has 1 aliphatic heterocycles. The van der Waals surface area contributed by atoms with E-state index in [-0.39, 0.29) is 10.8 Å². The maximum Gasteiger partial charge on any atom is 0.0424 e. The van der Waals surface area contributed by atoms with Gasteiger partial charge in [0.1, 0.15) is 0 Å². The van der Waals surface area contributed by atoms with E-state index in [2.05, 4.69) is 119 Å². The number of hydrogen-bond acceptors (Lipinski definition) is 2. The molecule has 0 amide bonds. The molecule has 2 atom stereocenters. The monoisotopic (exact) mass is 450 g/mol. The summed E-state index contributed by atoms with van der Waals surface area (Å²) in [6.07, 6.45) is 9.81. The minimum atomic E-state index is -0.162. The number of nitrogens with zero attached hydrogens (tertiary/aromatic N) is 1. The summed E-state index contributed by atoms with van der Waals surface area (Å²) in [5.74, 6) is 0.978. The fraction of sp³-hybridized carbons (Fsp3) is 0.375. The minimum Gasteiger partial charge on any atom is -0.378 e. The van der Waals surface area contributed by atoms with Crippen LogP contribution in [0.4, 0.5) is 11.4 Å². The summed E-state index contributed by atoms with van der Waals surface area (Å²) in [5.41, 5.74) is 10.5. The van der Waals surface area contributed by atoms with Crippen molar-refractivity contribution in [3.8, 4) is 0 Å². The molecule has 2 aromatic carbocycles. The number of nitrogens with one attached hydrogen (secondary N) is 1. The molecule has 1 saturated carbocycles. The summed E-state index contributed by atoms with van der Waals surface area (Å²) in [7, 11) is 4.16. The quantitative estimate of drug-likeness (QED) is 0.477. The third kappa shape index (κ3) is 3.38. The Morgan fingerprint density at radius 3 is 2.32 bits per heavy atom. The lowest BCUT2D eigenvalue weighted by atomic mass is 9.60. The van der Waals surface area contributed by atoms with Gasteiger partial charge in [-0.3, -0.25) is 0 Å². The average Bonchev–Trinajstić information content (AvgIpc) is 3.13. The molecule has 0 radical (unpaired) electrons. The van der Waals surface area contributed by atoms with Gasteiger partial charge >= 0.3 is 0 Å². The zero-order valence-electron chi connectivity index (χ0n) is 21.4. The average molecular weight is 451 g/mol. The third-order valence-corrected chi connectivity index (χ3v) is 9.05. The van der Waals surface area contributed by atoms with Gasteiger partial charge in [-0.1, -0.05) is 67.6 Å². The number of allylic oxidation sites excluding steroid dienone is 6. The van der Waals surface area contributed by atoms with Crippen molar-refractivity contribution in [2.24, 2.45) is 5.92 Å². The van der Waals surface area contributed by atoms with E-state index in [9.17, 15) is 0 Å². The molecular formula is C32H38N2. The molecular weight excluding hydrogens is 412 g/mol. The fourth-order valence-electron chi connectivity index (χ4n) is 6.24. The molecule has 5 rings (SSSR count). The van der Waals surface area contributed by atoms with Gasteiger partial charge in [0, 0.05) is 42.0 Å². The molecule has 34 heavy (non-hydrogen) atoms. The van der Waals surface area contributed by atoms with E-state index in [4.69, 9.17) is 0 Å². The molecule has 2 aliphatic carbocycles. The fourth-order valence-corrected chi connectivity index (χ4v) is 6.24. The van der Waals surface area contributed by atoms with E-state index in [0.717, 1.165) is 19.3 Å². The highest BCUT2D eigenvalue weighted by Crippen LogP contribution is 2.52. The first-order valence-electron chi connectivity index (χ1n) is 12.6. The van der Waals surface area contributed by atoms with Crippen LogP contribution in [0.5, 0.6) is 0 Å². The molecule has 1 heterocycles. The summed E-state index contributed by atoms with van der Waals surface area (Å²) in [6.45, 7) is 16.3. The first-order chi connectivity index (χ1) is 16.1. The Bertz CT molecular complexity index is 1190. The molecule has 2 aromatic rings. The SMILES string of the molecule is C=C1CC(C(C)c2ccc3c(c2)C2(C)CC=CC=C2N3)CC(=C)C1(C)c1ccc(N(C)C)cc1. The second kappa shape index (κ2) is 8.05. The maximum absolute atomic E-state index is 4.60. The minimum absolute atomic E-state index is 0.0663. The van der Waals surface area contributed by atoms with E-state index < -0.39 is 0 Å². The lowest BCUT2D eigenvalue weighted by Gasteiger charge is -2.44. The summed E-state index contributed by atoms with van der Waals surface area (Å²) in [6, 6.07) is 16.0. The van der Waals surface area contributed by atoms with Crippen molar-refractivity contribution in [1.82, 2.24) is 0 Å². The summed E-state index contributed by atoms with van der Waals surface area (Å²) >= 11 is 0. The van der Waals surface area contributed by atoms with E-state index in [0.29, 0.717) is 11.8 Å². The van der Waals surface area contributed by atoms with E-state index in [1.54, 1.807) is 0 Å². The highest BCUT2D eigenvalue weighted by molar-refractivity contribution is 5.70. The largest absolute Gasteiger partial charge is 0.378 e. The number of benzene rings is 2. The molecule has 0 bridgehead atoms. The highest BCUT2D eigenvalue weighted by atomic mass is 15.1. The number of rotatable bonds is 4. The van der Waals surface area contributed by atoms with Crippen molar-refractivity contribution in [3.05, 3.63) is 107 Å². The van der Waals surface area contributed by atoms with Gasteiger partial charge in [0.15, 0.2) is 0 Å². The van der Waals surface area contributed by atoms with Crippen LogP contribution in [0.3, 0.4) is 0 Å². The van der Waals surface area contributed by atoms with Gasteiger partial charge in [-0.2, -0.15) is 0 Å². The van der Waals surface area contributed by atoms with Crippen molar-refractivity contribution in [1.29, 1.82) is 0 Å². The van der Waals surface area contributed by atoms with Crippen LogP contribution in [-0.4, -0.2) is 14.1 Å². The van der Waals surface area contributed by atoms with E-state index in [1.165, 1.54) is 44.9 Å². The lowest BCUT2D eigenvalue weighted by molar-refractivity contribution is 0.363. The molecule has 0 aromatic heterocycles. The van der Waals surface area contributed by atoms with Gasteiger partial charge in [-0.05, 0) is 85.9 Å². The molecule has 3 aliphatic rings. The Morgan fingerprint density at radius 1 is 1.00 bits per heavy atom. The smallest absolute Gasteiger partial charge is 0.0424 e. The van der Waals surface area contributed by atoms with Crippen molar-refractivity contribution in [2.75, 3.05) is 24.3 Å². The molecule has 176 valence electrons. The van der Waals surface area contributed by atoms with Crippen LogP contribution in [0.15, 0.2) is 90.7 Å². The van der Waals surface area contributed by atoms with Gasteiger partial charge in [0.05, 0.1) is 0 Å². The first-order valence-corrected chi connectivity index (χ1v) is 12.6. The molecule has 2 heteroatoms. The predicted molar refractivity (Wildman–Crippen MR) is 147 cm³/mol. The Balaban J connectivity index is 1.39. The number of fused-ring (bicyclic) bond motifs is 3. The summed E-state index contributed by atoms with van der Waals surface area (Å²) in [4.78, 5) is 2.14. The second-order valence-electron chi connectivity index (χ2n) is 11.2. The number of anilines is 2. The van der Waals surface area contributed by atoms with Gasteiger partial charge in [0.25, 0.3) is 0 Å². The van der Waals surface area contributed by atoms with E-state index >= 15 is 0 Å². The first kappa shape index (κ1) is 22.8. The van der Waals surface area contributed by atoms with Crippen molar-refractivity contribution < 1.29 is 0 Å². The van der Waals surface area contributed by atoms with Crippen molar-refractivity contribution in [2.45, 2.75) is 56.8 Å². The Hall–Kier alpha value is -3.00. The van der Waals surface area contributed by atoms with Crippen LogP contribution in [0.25, 0.3) is 0 Å². The zero-order chi connectivity index (χ0) is 24.3. The van der Waals surface area contributed by atoms with Crippen molar-refractivity contribution >= 4 is 11.4 Å². The van der Waals surface area contributed by atoms with Gasteiger partial charge in [0.2, 0.25) is 0 Å². The molecule has 2 unspecified atom stereocenters. The molecule has 1 N–H and O–H groups in total. The standard InChI is InChI=1S/C32H38N2/c1-21-18-25(19-22(2)32(21,5)26-12-14-27(15-13-26)34(6)7)23(3)24-11-16-29-28(20-24)31(4)17-9-8-10-30(31)33-29/h8-16,20,23,25,33H,1-2,17-19H2,3-7H3. The van der Waals surface area contributed by atoms with Crippen LogP contribution < -0.4 is 10.2 Å². The zero-order valence-corrected chi connectivity index (χ0v) is 21.4. The van der Waals surface area contributed by atoms with Crippen molar-refractivity contribution in [3.63, 3.8) is 0 Å². The molecule has 0 spiro atoms. The molecule has 0 saturated heterocycles. The van der Waals surface area contributed by atoms with Gasteiger partial charge < -0.3 is 10.2 Å². The van der Waals surface area contributed by atoms with Gasteiger partial charge in [-0.25, -0.2) is 0 Å². The predicted octanol–water partition coefficient (Wildman–Crippen LogP) is 7.86. The summed E-state index contributed by atoms with van der Waals surface area (Å²) in [5, 5.41) is 3.66. The Morgan fingerprint density at radius 2 is 1.68 bits per heavy atom. The third-order valence-electron chi connectivity index (χ3n) is 9.05. The summed E-state index contributed by atoms with van der Waals surface area (Å²) < 4.78 is 0. The highest BCUT2D eigenvalue weighted by Gasteiger charge is 2.42. The Labute approximate surface area is 205 Å². The van der Waals surface area contributed by atoms with Crippen LogP contribution in [0.1, 0.15) is 62.6 Å². The normalized spacial score (nSPS) is 28.6. The van der Waals surface area contributed by atoms with Crippen LogP contribution >= 0.6 is 0 Å². The van der Waals surface area contributed by atoms with E-state index in [1.807, 2.05) is 0 Å². The van der Waals surface area contributed by atoms with Crippen LogP contribution in [-0.2, 0) is 10.8 Å². The van der Waals surface area contributed by atoms with Crippen LogP contribution in [0, 0.1) is 5.92 Å². The lowest BCUT2D eigenvalue weighted by Crippen LogP contribution is -2.34. The number of hydrogen-bond donors (Lipinski definition) is 1. The second-order valence-corrected chi connectivity index (χ2v) is 11.2. The molecule has 1 fully saturated rings. The Kier molecular flexibility index (Phi) is 5.39.